The van der Waals surface area contributed by atoms with Crippen molar-refractivity contribution in [2.45, 2.75) is 6.54 Å². The molecule has 5 heteroatoms. The van der Waals surface area contributed by atoms with Crippen LogP contribution in [0.25, 0.3) is 10.2 Å². The van der Waals surface area contributed by atoms with Crippen LogP contribution in [0.5, 0.6) is 0 Å². The van der Waals surface area contributed by atoms with Crippen molar-refractivity contribution in [3.63, 3.8) is 0 Å². The number of thiazole rings is 1. The third-order valence-corrected chi connectivity index (χ3v) is 3.75. The second kappa shape index (κ2) is 4.93. The molecule has 2 nitrogen and oxygen atoms in total. The van der Waals surface area contributed by atoms with Crippen LogP contribution >= 0.6 is 11.3 Å². The Labute approximate surface area is 112 Å². The van der Waals surface area contributed by atoms with E-state index in [4.69, 9.17) is 0 Å². The molecule has 96 valence electrons. The fraction of sp³-hybridized carbons (Fsp3) is 0.0714. The van der Waals surface area contributed by atoms with Gasteiger partial charge in [-0.1, -0.05) is 41.7 Å². The predicted molar refractivity (Wildman–Crippen MR) is 73.3 cm³/mol. The van der Waals surface area contributed by atoms with Crippen LogP contribution in [0.3, 0.4) is 0 Å². The van der Waals surface area contributed by atoms with E-state index in [1.165, 1.54) is 0 Å². The van der Waals surface area contributed by atoms with Crippen LogP contribution in [0.4, 0.5) is 13.9 Å². The molecule has 19 heavy (non-hydrogen) atoms. The molecule has 0 saturated carbocycles. The van der Waals surface area contributed by atoms with E-state index in [1.54, 1.807) is 0 Å². The second-order valence-electron chi connectivity index (χ2n) is 4.07. The fourth-order valence-corrected chi connectivity index (χ4v) is 2.67. The lowest BCUT2D eigenvalue weighted by molar-refractivity contribution is 0.617. The number of benzene rings is 2. The summed E-state index contributed by atoms with van der Waals surface area (Å²) in [6.07, 6.45) is 0. The summed E-state index contributed by atoms with van der Waals surface area (Å²) in [5.74, 6) is -0.943. The smallest absolute Gasteiger partial charge is 0.184 e. The number of fused-ring (bicyclic) bond motifs is 1. The summed E-state index contributed by atoms with van der Waals surface area (Å²) in [5, 5.41) is 3.60. The molecule has 0 amide bonds. The van der Waals surface area contributed by atoms with Crippen molar-refractivity contribution in [3.8, 4) is 0 Å². The van der Waals surface area contributed by atoms with Crippen molar-refractivity contribution in [1.82, 2.24) is 4.98 Å². The maximum absolute atomic E-state index is 13.5. The zero-order chi connectivity index (χ0) is 13.2. The van der Waals surface area contributed by atoms with Crippen molar-refractivity contribution in [2.24, 2.45) is 0 Å². The largest absolute Gasteiger partial charge is 0.357 e. The first kappa shape index (κ1) is 12.0. The van der Waals surface area contributed by atoms with Gasteiger partial charge in [-0.05, 0) is 17.7 Å². The molecule has 0 radical (unpaired) electrons. The minimum atomic E-state index is -0.500. The summed E-state index contributed by atoms with van der Waals surface area (Å²) < 4.78 is 27.3. The van der Waals surface area contributed by atoms with Gasteiger partial charge in [0, 0.05) is 6.54 Å². The van der Waals surface area contributed by atoms with Gasteiger partial charge in [-0.3, -0.25) is 0 Å². The molecule has 3 aromatic rings. The summed E-state index contributed by atoms with van der Waals surface area (Å²) in [6.45, 7) is 0.573. The van der Waals surface area contributed by atoms with Crippen LogP contribution in [0.15, 0.2) is 42.5 Å². The molecule has 3 rings (SSSR count). The molecule has 0 bridgehead atoms. The van der Waals surface area contributed by atoms with E-state index < -0.39 is 11.6 Å². The molecule has 2 aromatic carbocycles. The molecule has 0 saturated heterocycles. The predicted octanol–water partition coefficient (Wildman–Crippen LogP) is 4.19. The van der Waals surface area contributed by atoms with E-state index in [1.807, 2.05) is 30.3 Å². The van der Waals surface area contributed by atoms with Gasteiger partial charge in [0.1, 0.15) is 11.3 Å². The van der Waals surface area contributed by atoms with Crippen molar-refractivity contribution in [2.75, 3.05) is 5.32 Å². The molecule has 1 N–H and O–H groups in total. The Morgan fingerprint density at radius 3 is 2.47 bits per heavy atom. The first-order valence-electron chi connectivity index (χ1n) is 5.76. The summed E-state index contributed by atoms with van der Waals surface area (Å²) in [5.41, 5.74) is 1.17. The average molecular weight is 276 g/mol. The minimum absolute atomic E-state index is 0.0839. The van der Waals surface area contributed by atoms with Gasteiger partial charge < -0.3 is 5.32 Å². The third kappa shape index (κ3) is 2.42. The van der Waals surface area contributed by atoms with E-state index in [9.17, 15) is 8.78 Å². The highest BCUT2D eigenvalue weighted by Gasteiger charge is 2.12. The summed E-state index contributed by atoms with van der Waals surface area (Å²) in [7, 11) is 0. The summed E-state index contributed by atoms with van der Waals surface area (Å²) >= 11 is 1.12. The van der Waals surface area contributed by atoms with Gasteiger partial charge in [-0.15, -0.1) is 0 Å². The lowest BCUT2D eigenvalue weighted by Gasteiger charge is -2.01. The van der Waals surface area contributed by atoms with Crippen LogP contribution < -0.4 is 5.32 Å². The van der Waals surface area contributed by atoms with Crippen LogP contribution in [-0.4, -0.2) is 4.98 Å². The van der Waals surface area contributed by atoms with Crippen LogP contribution in [-0.2, 0) is 6.54 Å². The number of nitrogens with zero attached hydrogens (tertiary/aromatic N) is 1. The third-order valence-electron chi connectivity index (χ3n) is 2.73. The summed E-state index contributed by atoms with van der Waals surface area (Å²) in [4.78, 5) is 4.08. The highest BCUT2D eigenvalue weighted by atomic mass is 32.1. The monoisotopic (exact) mass is 276 g/mol. The fourth-order valence-electron chi connectivity index (χ4n) is 1.79. The number of anilines is 1. The van der Waals surface area contributed by atoms with Crippen molar-refractivity contribution < 1.29 is 8.78 Å². The number of hydrogen-bond acceptors (Lipinski definition) is 3. The van der Waals surface area contributed by atoms with Crippen LogP contribution in [0, 0.1) is 11.6 Å². The number of aromatic nitrogens is 1. The molecule has 0 spiro atoms. The van der Waals surface area contributed by atoms with E-state index in [-0.39, 0.29) is 10.2 Å². The Morgan fingerprint density at radius 1 is 1.00 bits per heavy atom. The molecule has 0 aliphatic heterocycles. The van der Waals surface area contributed by atoms with E-state index in [2.05, 4.69) is 10.3 Å². The van der Waals surface area contributed by atoms with Gasteiger partial charge in [-0.25, -0.2) is 13.8 Å². The molecule has 0 aliphatic rings. The van der Waals surface area contributed by atoms with E-state index in [0.717, 1.165) is 29.0 Å². The number of nitrogens with one attached hydrogen (secondary N) is 1. The second-order valence-corrected chi connectivity index (χ2v) is 5.06. The Morgan fingerprint density at radius 2 is 1.74 bits per heavy atom. The lowest BCUT2D eigenvalue weighted by Crippen LogP contribution is -1.98. The molecular formula is C14H10F2N2S. The highest BCUT2D eigenvalue weighted by molar-refractivity contribution is 7.22. The van der Waals surface area contributed by atoms with Gasteiger partial charge in [0.05, 0.1) is 4.70 Å². The first-order valence-corrected chi connectivity index (χ1v) is 6.58. The molecule has 1 aromatic heterocycles. The zero-order valence-electron chi connectivity index (χ0n) is 9.86. The van der Waals surface area contributed by atoms with Crippen molar-refractivity contribution in [1.29, 1.82) is 0 Å². The molecule has 0 aliphatic carbocycles. The topological polar surface area (TPSA) is 24.9 Å². The molecule has 1 heterocycles. The average Bonchev–Trinajstić information content (AvgIpc) is 2.87. The summed E-state index contributed by atoms with van der Waals surface area (Å²) in [6, 6.07) is 12.0. The van der Waals surface area contributed by atoms with Gasteiger partial charge in [0.2, 0.25) is 0 Å². The maximum atomic E-state index is 13.5. The van der Waals surface area contributed by atoms with E-state index in [0.29, 0.717) is 11.7 Å². The van der Waals surface area contributed by atoms with Gasteiger partial charge in [-0.2, -0.15) is 0 Å². The van der Waals surface area contributed by atoms with Crippen LogP contribution in [0.1, 0.15) is 5.56 Å². The lowest BCUT2D eigenvalue weighted by atomic mass is 10.2. The minimum Gasteiger partial charge on any atom is -0.357 e. The van der Waals surface area contributed by atoms with Gasteiger partial charge >= 0.3 is 0 Å². The first-order chi connectivity index (χ1) is 9.24. The Hall–Kier alpha value is -2.01. The van der Waals surface area contributed by atoms with Crippen molar-refractivity contribution >= 4 is 26.7 Å². The molecule has 0 fully saturated rings. The highest BCUT2D eigenvalue weighted by Crippen LogP contribution is 2.30. The molecule has 0 unspecified atom stereocenters. The quantitative estimate of drug-likeness (QED) is 0.776. The number of halogens is 2. The normalized spacial score (nSPS) is 10.8. The van der Waals surface area contributed by atoms with Crippen molar-refractivity contribution in [3.05, 3.63) is 59.7 Å². The van der Waals surface area contributed by atoms with Gasteiger partial charge in [0.15, 0.2) is 10.9 Å². The molecule has 0 atom stereocenters. The van der Waals surface area contributed by atoms with E-state index >= 15 is 0 Å². The molecular weight excluding hydrogens is 266 g/mol. The Bertz CT molecular complexity index is 671. The Balaban J connectivity index is 1.86. The van der Waals surface area contributed by atoms with Gasteiger partial charge in [0.25, 0.3) is 0 Å². The standard InChI is InChI=1S/C14H10F2N2S/c15-10-6-7-11(16)13-12(10)18-14(19-13)17-8-9-4-2-1-3-5-9/h1-7H,8H2,(H,17,18). The number of rotatable bonds is 3. The maximum Gasteiger partial charge on any atom is 0.184 e. The SMILES string of the molecule is Fc1ccc(F)c2sc(NCc3ccccc3)nc12. The number of hydrogen-bond donors (Lipinski definition) is 1. The zero-order valence-corrected chi connectivity index (χ0v) is 10.7. The van der Waals surface area contributed by atoms with Crippen LogP contribution in [0.2, 0.25) is 0 Å². The Kier molecular flexibility index (Phi) is 3.13.